The normalized spacial score (nSPS) is 15.2. The second-order valence-electron chi connectivity index (χ2n) is 2.31. The van der Waals surface area contributed by atoms with Crippen LogP contribution in [0.15, 0.2) is 0 Å². The molecular formula is C7H12O3S. The van der Waals surface area contributed by atoms with E-state index in [0.29, 0.717) is 12.7 Å². The molecule has 3 nitrogen and oxygen atoms in total. The Bertz CT molecular complexity index is 158. The van der Waals surface area contributed by atoms with Gasteiger partial charge in [0.15, 0.2) is 6.29 Å². The minimum atomic E-state index is -1.22. The molecule has 0 heterocycles. The molecule has 0 fully saturated rings. The van der Waals surface area contributed by atoms with Crippen molar-refractivity contribution >= 4 is 24.9 Å². The highest BCUT2D eigenvalue weighted by Gasteiger charge is 2.26. The lowest BCUT2D eigenvalue weighted by molar-refractivity contribution is -0.152. The molecule has 0 aromatic rings. The number of carbonyl (C=O) groups is 2. The van der Waals surface area contributed by atoms with Crippen LogP contribution in [0.2, 0.25) is 0 Å². The van der Waals surface area contributed by atoms with Gasteiger partial charge in [-0.3, -0.25) is 9.59 Å². The van der Waals surface area contributed by atoms with Gasteiger partial charge in [0, 0.05) is 13.3 Å². The molecule has 0 aliphatic carbocycles. The molecule has 64 valence electrons. The summed E-state index contributed by atoms with van der Waals surface area (Å²) in [6, 6.07) is 0. The molecule has 0 aliphatic heterocycles. The summed E-state index contributed by atoms with van der Waals surface area (Å²) < 4.78 is 4.68. The first-order valence-corrected chi connectivity index (χ1v) is 3.87. The fraction of sp³-hybridized carbons (Fsp3) is 0.714. The van der Waals surface area contributed by atoms with Gasteiger partial charge in [0.25, 0.3) is 0 Å². The molecule has 1 atom stereocenters. The molecule has 4 heteroatoms. The van der Waals surface area contributed by atoms with Gasteiger partial charge < -0.3 is 4.74 Å². The minimum Gasteiger partial charge on any atom is -0.441 e. The van der Waals surface area contributed by atoms with E-state index in [2.05, 4.69) is 17.4 Å². The van der Waals surface area contributed by atoms with Crippen molar-refractivity contribution in [3.63, 3.8) is 0 Å². The predicted octanol–water partition coefficient (Wildman–Crippen LogP) is 1.17. The van der Waals surface area contributed by atoms with Crippen molar-refractivity contribution in [2.45, 2.75) is 31.6 Å². The Morgan fingerprint density at radius 3 is 2.55 bits per heavy atom. The van der Waals surface area contributed by atoms with Crippen molar-refractivity contribution in [2.24, 2.45) is 0 Å². The summed E-state index contributed by atoms with van der Waals surface area (Å²) in [7, 11) is 0. The van der Waals surface area contributed by atoms with Crippen LogP contribution in [0.3, 0.4) is 0 Å². The minimum absolute atomic E-state index is 0.444. The highest BCUT2D eigenvalue weighted by Crippen LogP contribution is 2.19. The quantitative estimate of drug-likeness (QED) is 0.303. The number of carbonyl (C=O) groups excluding carboxylic acids is 2. The molecule has 0 N–H and O–H groups in total. The molecule has 0 rings (SSSR count). The van der Waals surface area contributed by atoms with Crippen molar-refractivity contribution < 1.29 is 14.3 Å². The van der Waals surface area contributed by atoms with Crippen LogP contribution >= 0.6 is 12.6 Å². The largest absolute Gasteiger partial charge is 0.441 e. The molecule has 0 radical (unpaired) electrons. The fourth-order valence-corrected chi connectivity index (χ4v) is 1.09. The maximum atomic E-state index is 10.5. The Morgan fingerprint density at radius 1 is 1.73 bits per heavy atom. The Hall–Kier alpha value is -0.510. The lowest BCUT2D eigenvalue weighted by Crippen LogP contribution is -2.29. The first kappa shape index (κ1) is 10.5. The second-order valence-corrected chi connectivity index (χ2v) is 3.06. The van der Waals surface area contributed by atoms with Crippen LogP contribution in [-0.2, 0) is 14.3 Å². The molecular weight excluding hydrogens is 164 g/mol. The third-order valence-corrected chi connectivity index (χ3v) is 1.53. The van der Waals surface area contributed by atoms with Crippen LogP contribution < -0.4 is 0 Å². The molecule has 0 aliphatic rings. The van der Waals surface area contributed by atoms with Crippen LogP contribution in [0, 0.1) is 0 Å². The zero-order chi connectivity index (χ0) is 8.91. The van der Waals surface area contributed by atoms with E-state index < -0.39 is 10.9 Å². The highest BCUT2D eigenvalue weighted by atomic mass is 32.1. The molecule has 0 saturated heterocycles. The number of thiol groups is 1. The van der Waals surface area contributed by atoms with Gasteiger partial charge >= 0.3 is 5.97 Å². The maximum absolute atomic E-state index is 10.5. The van der Waals surface area contributed by atoms with Crippen LogP contribution in [0.5, 0.6) is 0 Å². The number of hydrogen-bond donors (Lipinski definition) is 1. The summed E-state index contributed by atoms with van der Waals surface area (Å²) in [5.74, 6) is -0.486. The van der Waals surface area contributed by atoms with Gasteiger partial charge in [-0.25, -0.2) is 0 Å². The third-order valence-electron chi connectivity index (χ3n) is 1.11. The van der Waals surface area contributed by atoms with Crippen molar-refractivity contribution in [1.29, 1.82) is 0 Å². The van der Waals surface area contributed by atoms with E-state index in [-0.39, 0.29) is 0 Å². The summed E-state index contributed by atoms with van der Waals surface area (Å²) in [6.45, 7) is 3.14. The molecule has 0 amide bonds. The standard InChI is InChI=1S/C7H12O3S/c1-3-4-7(11,5-8)10-6(2)9/h5,11H,3-4H2,1-2H3. The summed E-state index contributed by atoms with van der Waals surface area (Å²) in [5.41, 5.74) is 0. The Kier molecular flexibility index (Phi) is 4.18. The first-order chi connectivity index (χ1) is 5.04. The summed E-state index contributed by atoms with van der Waals surface area (Å²) in [6.07, 6.45) is 1.73. The number of rotatable bonds is 4. The van der Waals surface area contributed by atoms with E-state index in [1.165, 1.54) is 6.92 Å². The molecule has 0 spiro atoms. The lowest BCUT2D eigenvalue weighted by Gasteiger charge is -2.20. The molecule has 0 aromatic carbocycles. The van der Waals surface area contributed by atoms with Gasteiger partial charge in [-0.05, 0) is 0 Å². The van der Waals surface area contributed by atoms with Crippen molar-refractivity contribution in [3.05, 3.63) is 0 Å². The van der Waals surface area contributed by atoms with Gasteiger partial charge in [-0.15, -0.1) is 12.6 Å². The van der Waals surface area contributed by atoms with E-state index in [9.17, 15) is 9.59 Å². The number of hydrogen-bond acceptors (Lipinski definition) is 4. The first-order valence-electron chi connectivity index (χ1n) is 3.42. The molecule has 0 saturated carbocycles. The molecule has 0 bridgehead atoms. The summed E-state index contributed by atoms with van der Waals surface area (Å²) in [5, 5.41) is 0. The molecule has 1 unspecified atom stereocenters. The van der Waals surface area contributed by atoms with Crippen LogP contribution in [-0.4, -0.2) is 17.2 Å². The van der Waals surface area contributed by atoms with Crippen LogP contribution in [0.25, 0.3) is 0 Å². The molecule has 0 aromatic heterocycles. The highest BCUT2D eigenvalue weighted by molar-refractivity contribution is 7.82. The monoisotopic (exact) mass is 176 g/mol. The van der Waals surface area contributed by atoms with Crippen molar-refractivity contribution in [2.75, 3.05) is 0 Å². The predicted molar refractivity (Wildman–Crippen MR) is 44.5 cm³/mol. The number of ether oxygens (including phenoxy) is 1. The van der Waals surface area contributed by atoms with Gasteiger partial charge in [0.2, 0.25) is 4.93 Å². The van der Waals surface area contributed by atoms with E-state index in [0.717, 1.165) is 6.42 Å². The smallest absolute Gasteiger partial charge is 0.304 e. The van der Waals surface area contributed by atoms with Crippen molar-refractivity contribution in [1.82, 2.24) is 0 Å². The topological polar surface area (TPSA) is 43.4 Å². The fourth-order valence-electron chi connectivity index (χ4n) is 0.741. The second kappa shape index (κ2) is 4.38. The van der Waals surface area contributed by atoms with Gasteiger partial charge in [-0.1, -0.05) is 13.3 Å². The van der Waals surface area contributed by atoms with Crippen molar-refractivity contribution in [3.8, 4) is 0 Å². The molecule has 11 heavy (non-hydrogen) atoms. The van der Waals surface area contributed by atoms with Crippen LogP contribution in [0.4, 0.5) is 0 Å². The summed E-state index contributed by atoms with van der Waals surface area (Å²) in [4.78, 5) is 19.6. The Balaban J connectivity index is 4.09. The zero-order valence-corrected chi connectivity index (χ0v) is 7.56. The van der Waals surface area contributed by atoms with E-state index >= 15 is 0 Å². The van der Waals surface area contributed by atoms with E-state index in [1.54, 1.807) is 0 Å². The maximum Gasteiger partial charge on any atom is 0.304 e. The average molecular weight is 176 g/mol. The number of aldehydes is 1. The Morgan fingerprint density at radius 2 is 2.27 bits per heavy atom. The zero-order valence-electron chi connectivity index (χ0n) is 6.66. The van der Waals surface area contributed by atoms with E-state index in [1.807, 2.05) is 6.92 Å². The summed E-state index contributed by atoms with van der Waals surface area (Å²) >= 11 is 3.93. The SMILES string of the molecule is CCCC(S)(C=O)OC(C)=O. The van der Waals surface area contributed by atoms with Crippen LogP contribution in [0.1, 0.15) is 26.7 Å². The Labute approximate surface area is 71.5 Å². The van der Waals surface area contributed by atoms with E-state index in [4.69, 9.17) is 0 Å². The van der Waals surface area contributed by atoms with Gasteiger partial charge in [0.05, 0.1) is 0 Å². The average Bonchev–Trinajstić information content (AvgIpc) is 1.87. The van der Waals surface area contributed by atoms with Gasteiger partial charge in [-0.2, -0.15) is 0 Å². The third kappa shape index (κ3) is 4.03. The lowest BCUT2D eigenvalue weighted by atomic mass is 10.2. The van der Waals surface area contributed by atoms with Gasteiger partial charge in [0.1, 0.15) is 0 Å². The number of esters is 1.